The highest BCUT2D eigenvalue weighted by Gasteiger charge is 2.31. The quantitative estimate of drug-likeness (QED) is 0.845. The van der Waals surface area contributed by atoms with E-state index in [1.165, 1.54) is 0 Å². The van der Waals surface area contributed by atoms with Gasteiger partial charge in [-0.15, -0.1) is 0 Å². The Hall–Kier alpha value is -2.49. The highest BCUT2D eigenvalue weighted by molar-refractivity contribution is 5.94. The second-order valence-corrected chi connectivity index (χ2v) is 6.43. The molecule has 2 aromatic rings. The number of carbonyl (C=O) groups excluding carboxylic acids is 1. The average Bonchev–Trinajstić information content (AvgIpc) is 3.11. The molecule has 2 aromatic carbocycles. The number of ether oxygens (including phenoxy) is 2. The van der Waals surface area contributed by atoms with Crippen LogP contribution in [0.3, 0.4) is 0 Å². The highest BCUT2D eigenvalue weighted by Crippen LogP contribution is 2.38. The van der Waals surface area contributed by atoms with Crippen molar-refractivity contribution in [2.45, 2.75) is 25.8 Å². The number of amides is 1. The maximum Gasteiger partial charge on any atom is 0.254 e. The summed E-state index contributed by atoms with van der Waals surface area (Å²) in [5.74, 6) is 1.68. The Balaban J connectivity index is 1.60. The van der Waals surface area contributed by atoms with Gasteiger partial charge < -0.3 is 14.4 Å². The van der Waals surface area contributed by atoms with Gasteiger partial charge >= 0.3 is 0 Å². The molecule has 0 spiro atoms. The van der Waals surface area contributed by atoms with E-state index in [4.69, 9.17) is 9.47 Å². The first-order valence-corrected chi connectivity index (χ1v) is 8.49. The number of hydrogen-bond donors (Lipinski definition) is 0. The van der Waals surface area contributed by atoms with E-state index in [2.05, 4.69) is 6.07 Å². The number of rotatable bonds is 2. The Kier molecular flexibility index (Phi) is 3.89. The van der Waals surface area contributed by atoms with E-state index in [0.29, 0.717) is 13.2 Å². The molecule has 2 aliphatic heterocycles. The molecule has 0 unspecified atom stereocenters. The minimum Gasteiger partial charge on any atom is -0.486 e. The van der Waals surface area contributed by atoms with Crippen LogP contribution in [0.2, 0.25) is 0 Å². The number of aryl methyl sites for hydroxylation is 1. The molecule has 0 N–H and O–H groups in total. The predicted molar refractivity (Wildman–Crippen MR) is 91.6 cm³/mol. The van der Waals surface area contributed by atoms with Crippen LogP contribution in [0.4, 0.5) is 0 Å². The summed E-state index contributed by atoms with van der Waals surface area (Å²) in [6, 6.07) is 13.9. The van der Waals surface area contributed by atoms with Gasteiger partial charge in [0.2, 0.25) is 0 Å². The van der Waals surface area contributed by atoms with Crippen LogP contribution in [0.5, 0.6) is 11.5 Å². The second kappa shape index (κ2) is 6.19. The van der Waals surface area contributed by atoms with Gasteiger partial charge in [0.05, 0.1) is 6.04 Å². The molecule has 4 rings (SSSR count). The van der Waals surface area contributed by atoms with Crippen LogP contribution in [0.15, 0.2) is 42.5 Å². The Morgan fingerprint density at radius 1 is 1.04 bits per heavy atom. The number of fused-ring (bicyclic) bond motifs is 1. The Morgan fingerprint density at radius 3 is 2.58 bits per heavy atom. The molecule has 1 amide bonds. The van der Waals surface area contributed by atoms with Crippen LogP contribution in [0.25, 0.3) is 0 Å². The van der Waals surface area contributed by atoms with E-state index in [1.807, 2.05) is 48.2 Å². The summed E-state index contributed by atoms with van der Waals surface area (Å²) >= 11 is 0. The molecule has 1 fully saturated rings. The number of nitrogens with zero attached hydrogens (tertiary/aromatic N) is 1. The second-order valence-electron chi connectivity index (χ2n) is 6.43. The van der Waals surface area contributed by atoms with Gasteiger partial charge in [-0.1, -0.05) is 23.8 Å². The van der Waals surface area contributed by atoms with E-state index in [-0.39, 0.29) is 11.9 Å². The van der Waals surface area contributed by atoms with Crippen LogP contribution in [-0.4, -0.2) is 30.6 Å². The molecule has 1 atom stereocenters. The highest BCUT2D eigenvalue weighted by atomic mass is 16.6. The van der Waals surface area contributed by atoms with Gasteiger partial charge in [0.25, 0.3) is 5.91 Å². The van der Waals surface area contributed by atoms with E-state index >= 15 is 0 Å². The predicted octanol–water partition coefficient (Wildman–Crippen LogP) is 3.74. The summed E-state index contributed by atoms with van der Waals surface area (Å²) in [5, 5.41) is 0. The zero-order valence-corrected chi connectivity index (χ0v) is 13.8. The Morgan fingerprint density at radius 2 is 1.79 bits per heavy atom. The van der Waals surface area contributed by atoms with Crippen molar-refractivity contribution in [1.29, 1.82) is 0 Å². The molecule has 4 nitrogen and oxygen atoms in total. The van der Waals surface area contributed by atoms with Gasteiger partial charge in [0.1, 0.15) is 13.2 Å². The third-order valence-corrected chi connectivity index (χ3v) is 4.76. The van der Waals surface area contributed by atoms with Crippen molar-refractivity contribution < 1.29 is 14.3 Å². The van der Waals surface area contributed by atoms with Crippen LogP contribution in [0, 0.1) is 6.92 Å². The molecular formula is C20H21NO3. The molecule has 24 heavy (non-hydrogen) atoms. The molecule has 0 radical (unpaired) electrons. The van der Waals surface area contributed by atoms with Crippen molar-refractivity contribution in [1.82, 2.24) is 4.90 Å². The van der Waals surface area contributed by atoms with Gasteiger partial charge in [-0.05, 0) is 49.6 Å². The summed E-state index contributed by atoms with van der Waals surface area (Å²) in [6.45, 7) is 3.99. The lowest BCUT2D eigenvalue weighted by Crippen LogP contribution is -2.30. The summed E-state index contributed by atoms with van der Waals surface area (Å²) < 4.78 is 11.3. The minimum atomic E-state index is 0.104. The van der Waals surface area contributed by atoms with Gasteiger partial charge in [0.15, 0.2) is 11.5 Å². The molecule has 2 aliphatic rings. The van der Waals surface area contributed by atoms with Crippen molar-refractivity contribution in [2.24, 2.45) is 0 Å². The fourth-order valence-corrected chi connectivity index (χ4v) is 3.49. The fourth-order valence-electron chi connectivity index (χ4n) is 3.49. The number of carbonyl (C=O) groups is 1. The van der Waals surface area contributed by atoms with Gasteiger partial charge in [-0.2, -0.15) is 0 Å². The molecule has 4 heteroatoms. The third kappa shape index (κ3) is 2.73. The summed E-state index contributed by atoms with van der Waals surface area (Å²) in [4.78, 5) is 14.9. The molecule has 2 heterocycles. The average molecular weight is 323 g/mol. The lowest BCUT2D eigenvalue weighted by Gasteiger charge is -2.27. The maximum atomic E-state index is 12.9. The molecular weight excluding hydrogens is 302 g/mol. The van der Waals surface area contributed by atoms with E-state index in [1.54, 1.807) is 0 Å². The first kappa shape index (κ1) is 15.1. The topological polar surface area (TPSA) is 38.8 Å². The zero-order valence-electron chi connectivity index (χ0n) is 13.8. The molecule has 124 valence electrons. The van der Waals surface area contributed by atoms with Gasteiger partial charge in [-0.3, -0.25) is 4.79 Å². The lowest BCUT2D eigenvalue weighted by molar-refractivity contribution is 0.0735. The fraction of sp³-hybridized carbons (Fsp3) is 0.350. The number of likely N-dealkylation sites (tertiary alicyclic amines) is 1. The Labute approximate surface area is 142 Å². The maximum absolute atomic E-state index is 12.9. The van der Waals surface area contributed by atoms with E-state index in [9.17, 15) is 4.79 Å². The lowest BCUT2D eigenvalue weighted by atomic mass is 10.0. The third-order valence-electron chi connectivity index (χ3n) is 4.76. The van der Waals surface area contributed by atoms with Crippen molar-refractivity contribution in [3.63, 3.8) is 0 Å². The normalized spacial score (nSPS) is 19.4. The van der Waals surface area contributed by atoms with Crippen molar-refractivity contribution in [2.75, 3.05) is 19.8 Å². The van der Waals surface area contributed by atoms with Crippen LogP contribution < -0.4 is 9.47 Å². The monoisotopic (exact) mass is 323 g/mol. The van der Waals surface area contributed by atoms with E-state index < -0.39 is 0 Å². The first-order chi connectivity index (χ1) is 11.7. The largest absolute Gasteiger partial charge is 0.486 e. The van der Waals surface area contributed by atoms with Crippen molar-refractivity contribution in [3.05, 3.63) is 59.2 Å². The molecule has 0 aromatic heterocycles. The van der Waals surface area contributed by atoms with Crippen LogP contribution in [0.1, 0.15) is 40.4 Å². The number of hydrogen-bond acceptors (Lipinski definition) is 3. The summed E-state index contributed by atoms with van der Waals surface area (Å²) in [6.07, 6.45) is 2.01. The van der Waals surface area contributed by atoms with Crippen molar-refractivity contribution in [3.8, 4) is 11.5 Å². The van der Waals surface area contributed by atoms with E-state index in [0.717, 1.165) is 47.6 Å². The SMILES string of the molecule is Cc1ccc(C(=O)N2CCC[C@H]2c2ccc3c(c2)OCCO3)cc1. The molecule has 0 saturated carbocycles. The summed E-state index contributed by atoms with van der Waals surface area (Å²) in [5.41, 5.74) is 3.04. The standard InChI is InChI=1S/C20H21NO3/c1-14-4-6-15(7-5-14)20(22)21-10-2-3-17(21)16-8-9-18-19(13-16)24-12-11-23-18/h4-9,13,17H,2-3,10-12H2,1H3/t17-/m0/s1. The van der Waals surface area contributed by atoms with Crippen molar-refractivity contribution >= 4 is 5.91 Å². The van der Waals surface area contributed by atoms with Crippen LogP contribution >= 0.6 is 0 Å². The molecule has 0 bridgehead atoms. The first-order valence-electron chi connectivity index (χ1n) is 8.49. The molecule has 1 saturated heterocycles. The van der Waals surface area contributed by atoms with Gasteiger partial charge in [-0.25, -0.2) is 0 Å². The number of benzene rings is 2. The smallest absolute Gasteiger partial charge is 0.254 e. The van der Waals surface area contributed by atoms with Gasteiger partial charge in [0, 0.05) is 12.1 Å². The minimum absolute atomic E-state index is 0.104. The molecule has 0 aliphatic carbocycles. The summed E-state index contributed by atoms with van der Waals surface area (Å²) in [7, 11) is 0. The van der Waals surface area contributed by atoms with Crippen LogP contribution in [-0.2, 0) is 0 Å². The zero-order chi connectivity index (χ0) is 16.5. The Bertz CT molecular complexity index is 754.